The minimum atomic E-state index is -0.453. The van der Waals surface area contributed by atoms with Gasteiger partial charge in [0, 0.05) is 8.95 Å². The number of ether oxygens (including phenoxy) is 3. The summed E-state index contributed by atoms with van der Waals surface area (Å²) in [6.45, 7) is -0.251. The molecule has 170 valence electrons. The molecule has 1 amide bonds. The van der Waals surface area contributed by atoms with Gasteiger partial charge in [0.1, 0.15) is 5.75 Å². The van der Waals surface area contributed by atoms with Gasteiger partial charge < -0.3 is 14.2 Å². The molecule has 7 nitrogen and oxygen atoms in total. The zero-order chi connectivity index (χ0) is 23.8. The third kappa shape index (κ3) is 7.41. The van der Waals surface area contributed by atoms with Crippen LogP contribution in [0.4, 0.5) is 0 Å². The summed E-state index contributed by atoms with van der Waals surface area (Å²) in [6.07, 6.45) is 1.47. The summed E-state index contributed by atoms with van der Waals surface area (Å²) in [4.78, 5) is 24.2. The van der Waals surface area contributed by atoms with E-state index in [1.165, 1.54) is 13.3 Å². The van der Waals surface area contributed by atoms with Crippen LogP contribution in [0, 0.1) is 0 Å². The Morgan fingerprint density at radius 2 is 1.67 bits per heavy atom. The van der Waals surface area contributed by atoms with E-state index in [0.717, 1.165) is 8.95 Å². The third-order valence-electron chi connectivity index (χ3n) is 4.12. The van der Waals surface area contributed by atoms with Crippen LogP contribution in [0.3, 0.4) is 0 Å². The van der Waals surface area contributed by atoms with Crippen LogP contribution in [0.15, 0.2) is 79.2 Å². The highest BCUT2D eigenvalue weighted by Gasteiger charge is 2.13. The Balaban J connectivity index is 1.50. The smallest absolute Gasteiger partial charge is 0.343 e. The predicted octanol–water partition coefficient (Wildman–Crippen LogP) is 5.73. The van der Waals surface area contributed by atoms with Crippen molar-refractivity contribution in [2.24, 2.45) is 5.10 Å². The van der Waals surface area contributed by atoms with E-state index in [1.807, 2.05) is 0 Å². The number of amides is 1. The van der Waals surface area contributed by atoms with Crippen LogP contribution in [0.1, 0.15) is 15.9 Å². The minimum Gasteiger partial charge on any atom is -0.493 e. The van der Waals surface area contributed by atoms with E-state index in [2.05, 4.69) is 58.3 Å². The summed E-state index contributed by atoms with van der Waals surface area (Å²) >= 11 is 10.1. The SMILES string of the molecule is COc1cc(Br)cc(Br)c1OCC(=O)N/N=C/c1ccc(OC(=O)c2ccc(Br)cc2)cc1. The molecular weight excluding hydrogens is 624 g/mol. The number of benzene rings is 3. The van der Waals surface area contributed by atoms with Crippen LogP contribution in [0.25, 0.3) is 0 Å². The van der Waals surface area contributed by atoms with Crippen molar-refractivity contribution in [2.45, 2.75) is 0 Å². The number of nitrogens with one attached hydrogen (secondary N) is 1. The third-order valence-corrected chi connectivity index (χ3v) is 5.69. The molecule has 0 unspecified atom stereocenters. The van der Waals surface area contributed by atoms with E-state index in [0.29, 0.717) is 32.8 Å². The average Bonchev–Trinajstić information content (AvgIpc) is 2.79. The van der Waals surface area contributed by atoms with Crippen LogP contribution >= 0.6 is 47.8 Å². The van der Waals surface area contributed by atoms with Gasteiger partial charge in [0.05, 0.1) is 23.4 Å². The Labute approximate surface area is 215 Å². The first-order chi connectivity index (χ1) is 15.9. The standard InChI is InChI=1S/C23H17Br3N2O5/c1-31-20-11-17(25)10-19(26)22(20)32-13-21(29)28-27-12-14-2-8-18(9-3-14)33-23(30)15-4-6-16(24)7-5-15/h2-12H,13H2,1H3,(H,28,29)/b27-12+. The molecule has 10 heteroatoms. The minimum absolute atomic E-state index is 0.251. The zero-order valence-corrected chi connectivity index (χ0v) is 21.9. The van der Waals surface area contributed by atoms with Gasteiger partial charge in [0.15, 0.2) is 18.1 Å². The van der Waals surface area contributed by atoms with Crippen molar-refractivity contribution in [3.05, 3.63) is 85.2 Å². The molecule has 0 atom stereocenters. The maximum absolute atomic E-state index is 12.2. The second-order valence-corrected chi connectivity index (χ2v) is 9.15. The number of carbonyl (C=O) groups excluding carboxylic acids is 2. The Morgan fingerprint density at radius 3 is 2.33 bits per heavy atom. The number of hydrazone groups is 1. The van der Waals surface area contributed by atoms with E-state index in [9.17, 15) is 9.59 Å². The Hall–Kier alpha value is -2.69. The van der Waals surface area contributed by atoms with Crippen molar-refractivity contribution in [3.8, 4) is 17.2 Å². The molecule has 3 rings (SSSR count). The second kappa shape index (κ2) is 12.0. The van der Waals surface area contributed by atoms with Gasteiger partial charge in [-0.05, 0) is 82.2 Å². The average molecular weight is 641 g/mol. The molecule has 0 spiro atoms. The fourth-order valence-corrected chi connectivity index (χ4v) is 4.12. The molecule has 1 N–H and O–H groups in total. The monoisotopic (exact) mass is 638 g/mol. The molecular formula is C23H17Br3N2O5. The lowest BCUT2D eigenvalue weighted by molar-refractivity contribution is -0.123. The summed E-state index contributed by atoms with van der Waals surface area (Å²) in [5, 5.41) is 3.91. The highest BCUT2D eigenvalue weighted by molar-refractivity contribution is 9.11. The van der Waals surface area contributed by atoms with Crippen LogP contribution in [-0.4, -0.2) is 31.8 Å². The fourth-order valence-electron chi connectivity index (χ4n) is 2.55. The van der Waals surface area contributed by atoms with Crippen LogP contribution in [0.2, 0.25) is 0 Å². The van der Waals surface area contributed by atoms with E-state index in [-0.39, 0.29) is 6.61 Å². The fraction of sp³-hybridized carbons (Fsp3) is 0.0870. The molecule has 0 bridgehead atoms. The Kier molecular flexibility index (Phi) is 9.04. The van der Waals surface area contributed by atoms with Gasteiger partial charge in [0.2, 0.25) is 0 Å². The van der Waals surface area contributed by atoms with E-state index in [1.54, 1.807) is 60.7 Å². The van der Waals surface area contributed by atoms with Crippen molar-refractivity contribution in [1.82, 2.24) is 5.43 Å². The van der Waals surface area contributed by atoms with Gasteiger partial charge in [0.25, 0.3) is 5.91 Å². The number of esters is 1. The molecule has 0 radical (unpaired) electrons. The quantitative estimate of drug-likeness (QED) is 0.147. The zero-order valence-electron chi connectivity index (χ0n) is 17.2. The highest BCUT2D eigenvalue weighted by atomic mass is 79.9. The second-order valence-electron chi connectivity index (χ2n) is 6.47. The first kappa shape index (κ1) is 24.9. The highest BCUT2D eigenvalue weighted by Crippen LogP contribution is 2.38. The van der Waals surface area contributed by atoms with Crippen molar-refractivity contribution in [2.75, 3.05) is 13.7 Å². The lowest BCUT2D eigenvalue weighted by Crippen LogP contribution is -2.24. The number of nitrogens with zero attached hydrogens (tertiary/aromatic N) is 1. The first-order valence-corrected chi connectivity index (χ1v) is 11.8. The maximum atomic E-state index is 12.2. The number of halogens is 3. The summed E-state index contributed by atoms with van der Waals surface area (Å²) in [6, 6.07) is 17.1. The van der Waals surface area contributed by atoms with Gasteiger partial charge in [-0.2, -0.15) is 5.10 Å². The molecule has 0 aliphatic heterocycles. The van der Waals surface area contributed by atoms with Gasteiger partial charge in [-0.15, -0.1) is 0 Å². The number of carbonyl (C=O) groups is 2. The van der Waals surface area contributed by atoms with E-state index < -0.39 is 11.9 Å². The van der Waals surface area contributed by atoms with Crippen molar-refractivity contribution in [3.63, 3.8) is 0 Å². The number of hydrogen-bond acceptors (Lipinski definition) is 6. The maximum Gasteiger partial charge on any atom is 0.343 e. The molecule has 0 aromatic heterocycles. The Morgan fingerprint density at radius 1 is 0.970 bits per heavy atom. The van der Waals surface area contributed by atoms with Gasteiger partial charge in [-0.3, -0.25) is 4.79 Å². The topological polar surface area (TPSA) is 86.2 Å². The van der Waals surface area contributed by atoms with Gasteiger partial charge >= 0.3 is 5.97 Å². The molecule has 3 aromatic rings. The van der Waals surface area contributed by atoms with E-state index in [4.69, 9.17) is 14.2 Å². The lowest BCUT2D eigenvalue weighted by atomic mass is 10.2. The molecule has 0 aliphatic carbocycles. The summed E-state index contributed by atoms with van der Waals surface area (Å²) < 4.78 is 18.5. The summed E-state index contributed by atoms with van der Waals surface area (Å²) in [7, 11) is 1.51. The largest absolute Gasteiger partial charge is 0.493 e. The van der Waals surface area contributed by atoms with Crippen molar-refractivity contribution >= 4 is 65.9 Å². The number of hydrogen-bond donors (Lipinski definition) is 1. The number of methoxy groups -OCH3 is 1. The predicted molar refractivity (Wildman–Crippen MR) is 135 cm³/mol. The van der Waals surface area contributed by atoms with Crippen LogP contribution in [0.5, 0.6) is 17.2 Å². The Bertz CT molecular complexity index is 1170. The molecule has 33 heavy (non-hydrogen) atoms. The van der Waals surface area contributed by atoms with Crippen LogP contribution < -0.4 is 19.6 Å². The van der Waals surface area contributed by atoms with Gasteiger partial charge in [-0.1, -0.05) is 31.9 Å². The molecule has 0 saturated heterocycles. The summed E-state index contributed by atoms with van der Waals surface area (Å²) in [5.74, 6) is 0.390. The van der Waals surface area contributed by atoms with Crippen molar-refractivity contribution < 1.29 is 23.8 Å². The first-order valence-electron chi connectivity index (χ1n) is 9.41. The van der Waals surface area contributed by atoms with Crippen molar-refractivity contribution in [1.29, 1.82) is 0 Å². The number of rotatable bonds is 8. The van der Waals surface area contributed by atoms with Gasteiger partial charge in [-0.25, -0.2) is 10.2 Å². The molecule has 0 saturated carbocycles. The van der Waals surface area contributed by atoms with E-state index >= 15 is 0 Å². The lowest BCUT2D eigenvalue weighted by Gasteiger charge is -2.12. The normalized spacial score (nSPS) is 10.7. The molecule has 0 heterocycles. The molecule has 0 aliphatic rings. The molecule has 0 fully saturated rings. The summed E-state index contributed by atoms with van der Waals surface area (Å²) in [5.41, 5.74) is 3.54. The van der Waals surface area contributed by atoms with Crippen LogP contribution in [-0.2, 0) is 4.79 Å². The molecule has 3 aromatic carbocycles.